The van der Waals surface area contributed by atoms with E-state index in [0.717, 1.165) is 5.56 Å². The summed E-state index contributed by atoms with van der Waals surface area (Å²) in [7, 11) is -3.83. The highest BCUT2D eigenvalue weighted by atomic mass is 32.2. The molecular weight excluding hydrogens is 332 g/mol. The molecule has 9 heteroatoms. The molecule has 0 bridgehead atoms. The van der Waals surface area contributed by atoms with Gasteiger partial charge in [0.25, 0.3) is 0 Å². The average Bonchev–Trinajstić information content (AvgIpc) is 2.50. The Morgan fingerprint density at radius 2 is 1.92 bits per heavy atom. The number of carbonyl (C=O) groups is 1. The van der Waals surface area contributed by atoms with Gasteiger partial charge in [0.1, 0.15) is 6.04 Å². The summed E-state index contributed by atoms with van der Waals surface area (Å²) in [6, 6.07) is 5.35. The van der Waals surface area contributed by atoms with E-state index in [2.05, 4.69) is 9.71 Å². The molecule has 0 spiro atoms. The van der Waals surface area contributed by atoms with Crippen molar-refractivity contribution in [1.82, 2.24) is 4.72 Å². The molecule has 0 heterocycles. The number of guanidine groups is 1. The van der Waals surface area contributed by atoms with Crippen LogP contribution in [0, 0.1) is 6.92 Å². The van der Waals surface area contributed by atoms with Crippen molar-refractivity contribution in [2.75, 3.05) is 13.2 Å². The zero-order valence-electron chi connectivity index (χ0n) is 13.9. The summed E-state index contributed by atoms with van der Waals surface area (Å²) in [6.07, 6.45) is 0.651. The number of hydrogen-bond acceptors (Lipinski definition) is 5. The van der Waals surface area contributed by atoms with E-state index in [1.54, 1.807) is 19.1 Å². The van der Waals surface area contributed by atoms with Crippen LogP contribution in [0.15, 0.2) is 34.2 Å². The van der Waals surface area contributed by atoms with Gasteiger partial charge in [-0.1, -0.05) is 17.7 Å². The van der Waals surface area contributed by atoms with Crippen LogP contribution in [0.4, 0.5) is 0 Å². The number of ether oxygens (including phenoxy) is 1. The van der Waals surface area contributed by atoms with Crippen LogP contribution in [0.3, 0.4) is 0 Å². The quantitative estimate of drug-likeness (QED) is 0.251. The Bertz CT molecular complexity index is 667. The summed E-state index contributed by atoms with van der Waals surface area (Å²) in [5.41, 5.74) is 11.4. The number of nitrogens with two attached hydrogens (primary N) is 2. The first-order valence-corrected chi connectivity index (χ1v) is 9.05. The molecule has 5 N–H and O–H groups in total. The number of aliphatic imine (C=N–C) groups is 1. The minimum absolute atomic E-state index is 0.0529. The van der Waals surface area contributed by atoms with E-state index in [4.69, 9.17) is 16.2 Å². The van der Waals surface area contributed by atoms with Crippen molar-refractivity contribution >= 4 is 22.0 Å². The topological polar surface area (TPSA) is 137 Å². The number of aryl methyl sites for hydroxylation is 1. The first-order valence-electron chi connectivity index (χ1n) is 7.57. The molecule has 0 aliphatic carbocycles. The summed E-state index contributed by atoms with van der Waals surface area (Å²) in [6.45, 7) is 3.97. The summed E-state index contributed by atoms with van der Waals surface area (Å²) in [4.78, 5) is 15.9. The van der Waals surface area contributed by atoms with Crippen molar-refractivity contribution in [3.63, 3.8) is 0 Å². The standard InChI is InChI=1S/C15H24N4O4S/c1-3-23-14(20)13(5-4-10-18-15(16)17)19-24(21,22)12-8-6-11(2)7-9-12/h6-9,13,19H,3-5,10H2,1-2H3,(H4,16,17,18). The summed E-state index contributed by atoms with van der Waals surface area (Å²) in [5, 5.41) is 0. The zero-order chi connectivity index (χ0) is 18.2. The average molecular weight is 356 g/mol. The molecule has 0 aliphatic heterocycles. The molecule has 0 saturated heterocycles. The van der Waals surface area contributed by atoms with Crippen LogP contribution in [0.25, 0.3) is 0 Å². The Hall–Kier alpha value is -2.13. The molecule has 0 fully saturated rings. The van der Waals surface area contributed by atoms with Gasteiger partial charge in [0.05, 0.1) is 11.5 Å². The van der Waals surface area contributed by atoms with E-state index in [9.17, 15) is 13.2 Å². The summed E-state index contributed by atoms with van der Waals surface area (Å²) < 4.78 is 32.2. The molecule has 0 aliphatic rings. The predicted octanol–water partition coefficient (Wildman–Crippen LogP) is 0.259. The molecule has 0 radical (unpaired) electrons. The normalized spacial score (nSPS) is 12.4. The first-order chi connectivity index (χ1) is 11.3. The van der Waals surface area contributed by atoms with Gasteiger partial charge in [0.15, 0.2) is 5.96 Å². The molecule has 1 rings (SSSR count). The molecule has 8 nitrogen and oxygen atoms in total. The first kappa shape index (κ1) is 19.9. The Labute approximate surface area is 142 Å². The third-order valence-corrected chi connectivity index (χ3v) is 4.63. The van der Waals surface area contributed by atoms with Gasteiger partial charge < -0.3 is 16.2 Å². The van der Waals surface area contributed by atoms with Gasteiger partial charge in [-0.15, -0.1) is 0 Å². The number of rotatable bonds is 9. The van der Waals surface area contributed by atoms with Crippen molar-refractivity contribution in [3.8, 4) is 0 Å². The highest BCUT2D eigenvalue weighted by Gasteiger charge is 2.26. The van der Waals surface area contributed by atoms with Crippen molar-refractivity contribution in [3.05, 3.63) is 29.8 Å². The lowest BCUT2D eigenvalue weighted by atomic mass is 10.2. The van der Waals surface area contributed by atoms with Gasteiger partial charge in [-0.3, -0.25) is 9.79 Å². The summed E-state index contributed by atoms with van der Waals surface area (Å²) in [5.74, 6) is -0.680. The maximum Gasteiger partial charge on any atom is 0.324 e. The van der Waals surface area contributed by atoms with Gasteiger partial charge in [0, 0.05) is 6.54 Å². The Kier molecular flexibility index (Phi) is 7.66. The van der Waals surface area contributed by atoms with Crippen molar-refractivity contribution in [2.24, 2.45) is 16.5 Å². The lowest BCUT2D eigenvalue weighted by molar-refractivity contribution is -0.145. The molecule has 0 saturated carbocycles. The molecule has 134 valence electrons. The van der Waals surface area contributed by atoms with Crippen molar-refractivity contribution < 1.29 is 17.9 Å². The van der Waals surface area contributed by atoms with Crippen LogP contribution in [-0.4, -0.2) is 39.5 Å². The minimum Gasteiger partial charge on any atom is -0.465 e. The zero-order valence-corrected chi connectivity index (χ0v) is 14.7. The molecule has 1 atom stereocenters. The lowest BCUT2D eigenvalue weighted by Gasteiger charge is -2.17. The maximum atomic E-state index is 12.4. The van der Waals surface area contributed by atoms with Crippen molar-refractivity contribution in [2.45, 2.75) is 37.6 Å². The third kappa shape index (κ3) is 6.55. The fourth-order valence-corrected chi connectivity index (χ4v) is 3.16. The molecule has 0 amide bonds. The van der Waals surface area contributed by atoms with Crippen LogP contribution in [0.2, 0.25) is 0 Å². The van der Waals surface area contributed by atoms with E-state index < -0.39 is 22.0 Å². The fraction of sp³-hybridized carbons (Fsp3) is 0.467. The van der Waals surface area contributed by atoms with Gasteiger partial charge in [-0.05, 0) is 38.8 Å². The number of esters is 1. The molecule has 1 aromatic rings. The molecule has 1 unspecified atom stereocenters. The fourth-order valence-electron chi connectivity index (χ4n) is 1.94. The number of sulfonamides is 1. The Morgan fingerprint density at radius 3 is 2.46 bits per heavy atom. The van der Waals surface area contributed by atoms with Gasteiger partial charge in [0.2, 0.25) is 10.0 Å². The van der Waals surface area contributed by atoms with E-state index in [-0.39, 0.29) is 23.9 Å². The van der Waals surface area contributed by atoms with Crippen molar-refractivity contribution in [1.29, 1.82) is 0 Å². The largest absolute Gasteiger partial charge is 0.465 e. The highest BCUT2D eigenvalue weighted by molar-refractivity contribution is 7.89. The van der Waals surface area contributed by atoms with E-state index in [0.29, 0.717) is 13.0 Å². The van der Waals surface area contributed by atoms with Crippen LogP contribution in [0.5, 0.6) is 0 Å². The number of nitrogens with one attached hydrogen (secondary N) is 1. The third-order valence-electron chi connectivity index (χ3n) is 3.15. The van der Waals surface area contributed by atoms with Gasteiger partial charge in [-0.25, -0.2) is 8.42 Å². The Morgan fingerprint density at radius 1 is 1.29 bits per heavy atom. The molecule has 24 heavy (non-hydrogen) atoms. The number of hydrogen-bond donors (Lipinski definition) is 3. The summed E-state index contributed by atoms with van der Waals surface area (Å²) >= 11 is 0. The SMILES string of the molecule is CCOC(=O)C(CCCN=C(N)N)NS(=O)(=O)c1ccc(C)cc1. The highest BCUT2D eigenvalue weighted by Crippen LogP contribution is 2.12. The number of nitrogens with zero attached hydrogens (tertiary/aromatic N) is 1. The smallest absolute Gasteiger partial charge is 0.324 e. The van der Waals surface area contributed by atoms with Gasteiger partial charge in [-0.2, -0.15) is 4.72 Å². The van der Waals surface area contributed by atoms with Gasteiger partial charge >= 0.3 is 5.97 Å². The Balaban J connectivity index is 2.84. The monoisotopic (exact) mass is 356 g/mol. The second kappa shape index (κ2) is 9.24. The molecule has 0 aromatic heterocycles. The maximum absolute atomic E-state index is 12.4. The number of benzene rings is 1. The minimum atomic E-state index is -3.83. The molecular formula is C15H24N4O4S. The molecule has 1 aromatic carbocycles. The van der Waals surface area contributed by atoms with E-state index >= 15 is 0 Å². The second-order valence-corrected chi connectivity index (χ2v) is 6.90. The van der Waals surface area contributed by atoms with Crippen LogP contribution in [0.1, 0.15) is 25.3 Å². The van der Waals surface area contributed by atoms with E-state index in [1.165, 1.54) is 12.1 Å². The second-order valence-electron chi connectivity index (χ2n) is 5.19. The van der Waals surface area contributed by atoms with E-state index in [1.807, 2.05) is 6.92 Å². The number of carbonyl (C=O) groups excluding carboxylic acids is 1. The van der Waals surface area contributed by atoms with Crippen LogP contribution < -0.4 is 16.2 Å². The lowest BCUT2D eigenvalue weighted by Crippen LogP contribution is -2.42. The predicted molar refractivity (Wildman–Crippen MR) is 91.8 cm³/mol. The van der Waals surface area contributed by atoms with Crippen LogP contribution >= 0.6 is 0 Å². The van der Waals surface area contributed by atoms with Crippen LogP contribution in [-0.2, 0) is 19.6 Å².